The number of thiophene rings is 1. The quantitative estimate of drug-likeness (QED) is 0.779. The predicted molar refractivity (Wildman–Crippen MR) is 115 cm³/mol. The van der Waals surface area contributed by atoms with E-state index >= 15 is 0 Å². The molecule has 154 valence electrons. The maximum absolute atomic E-state index is 14.7. The van der Waals surface area contributed by atoms with Crippen molar-refractivity contribution < 1.29 is 18.7 Å². The Hall–Kier alpha value is -2.26. The predicted octanol–water partition coefficient (Wildman–Crippen LogP) is 3.50. The number of nitrogens with one attached hydrogen (secondary N) is 1. The Morgan fingerprint density at radius 3 is 2.76 bits per heavy atom. The minimum absolute atomic E-state index is 0.187. The van der Waals surface area contributed by atoms with Gasteiger partial charge in [-0.25, -0.2) is 9.18 Å². The molecule has 29 heavy (non-hydrogen) atoms. The molecule has 1 aromatic carbocycles. The van der Waals surface area contributed by atoms with E-state index in [1.807, 2.05) is 29.7 Å². The SMILES string of the molecule is Cc1ccc(C(=O)NCC2CN(c3ccc(N4CCSCC4)c(F)c3)C(=O)O2)s1. The number of anilines is 2. The Morgan fingerprint density at radius 1 is 1.28 bits per heavy atom. The van der Waals surface area contributed by atoms with Crippen LogP contribution in [0, 0.1) is 12.7 Å². The van der Waals surface area contributed by atoms with Crippen LogP contribution in [0.5, 0.6) is 0 Å². The summed E-state index contributed by atoms with van der Waals surface area (Å²) in [7, 11) is 0. The summed E-state index contributed by atoms with van der Waals surface area (Å²) in [6.45, 7) is 4.05. The van der Waals surface area contributed by atoms with Crippen molar-refractivity contribution in [2.75, 3.05) is 47.5 Å². The van der Waals surface area contributed by atoms with Crippen molar-refractivity contribution >= 4 is 46.5 Å². The van der Waals surface area contributed by atoms with Gasteiger partial charge in [0.25, 0.3) is 5.91 Å². The number of thioether (sulfide) groups is 1. The molecule has 0 saturated carbocycles. The minimum Gasteiger partial charge on any atom is -0.442 e. The molecule has 2 fully saturated rings. The lowest BCUT2D eigenvalue weighted by Crippen LogP contribution is -2.34. The lowest BCUT2D eigenvalue weighted by molar-refractivity contribution is 0.0920. The van der Waals surface area contributed by atoms with Crippen molar-refractivity contribution in [3.63, 3.8) is 0 Å². The Labute approximate surface area is 177 Å². The van der Waals surface area contributed by atoms with Crippen molar-refractivity contribution in [2.45, 2.75) is 13.0 Å². The van der Waals surface area contributed by atoms with E-state index in [1.54, 1.807) is 18.2 Å². The maximum Gasteiger partial charge on any atom is 0.414 e. The zero-order valence-electron chi connectivity index (χ0n) is 16.0. The summed E-state index contributed by atoms with van der Waals surface area (Å²) in [6, 6.07) is 8.51. The average molecular weight is 436 g/mol. The second kappa shape index (κ2) is 8.62. The highest BCUT2D eigenvalue weighted by atomic mass is 32.2. The highest BCUT2D eigenvalue weighted by molar-refractivity contribution is 7.99. The van der Waals surface area contributed by atoms with Gasteiger partial charge < -0.3 is 15.0 Å². The number of halogens is 1. The number of nitrogens with zero attached hydrogens (tertiary/aromatic N) is 2. The molecule has 9 heteroatoms. The van der Waals surface area contributed by atoms with E-state index in [0.717, 1.165) is 29.5 Å². The first-order valence-electron chi connectivity index (χ1n) is 9.46. The normalized spacial score (nSPS) is 19.4. The minimum atomic E-state index is -0.530. The van der Waals surface area contributed by atoms with Crippen molar-refractivity contribution in [3.05, 3.63) is 45.9 Å². The van der Waals surface area contributed by atoms with Gasteiger partial charge in [-0.1, -0.05) is 0 Å². The number of hydrogen-bond donors (Lipinski definition) is 1. The van der Waals surface area contributed by atoms with Crippen LogP contribution < -0.4 is 15.1 Å². The van der Waals surface area contributed by atoms with Gasteiger partial charge in [0.15, 0.2) is 0 Å². The van der Waals surface area contributed by atoms with E-state index in [1.165, 1.54) is 22.3 Å². The van der Waals surface area contributed by atoms with E-state index in [4.69, 9.17) is 4.74 Å². The standard InChI is InChI=1S/C20H22FN3O3S2/c1-13-2-5-18(29-13)19(25)22-11-15-12-24(20(26)27-15)14-3-4-17(16(21)10-14)23-6-8-28-9-7-23/h2-5,10,15H,6-9,11-12H2,1H3,(H,22,25). The molecule has 2 aliphatic rings. The van der Waals surface area contributed by atoms with Crippen LogP contribution in [0.15, 0.2) is 30.3 Å². The number of hydrogen-bond acceptors (Lipinski definition) is 6. The molecule has 3 heterocycles. The summed E-state index contributed by atoms with van der Waals surface area (Å²) in [6.07, 6.45) is -1.01. The van der Waals surface area contributed by atoms with Crippen molar-refractivity contribution in [2.24, 2.45) is 0 Å². The maximum atomic E-state index is 14.7. The number of benzene rings is 1. The molecule has 2 aromatic rings. The summed E-state index contributed by atoms with van der Waals surface area (Å²) >= 11 is 3.28. The summed E-state index contributed by atoms with van der Waals surface area (Å²) in [5.41, 5.74) is 1.03. The lowest BCUT2D eigenvalue weighted by Gasteiger charge is -2.29. The molecule has 0 aliphatic carbocycles. The zero-order chi connectivity index (χ0) is 20.4. The van der Waals surface area contributed by atoms with Crippen molar-refractivity contribution in [1.29, 1.82) is 0 Å². The van der Waals surface area contributed by atoms with Gasteiger partial charge in [0, 0.05) is 29.5 Å². The third-order valence-corrected chi connectivity index (χ3v) is 6.87. The number of cyclic esters (lactones) is 1. The van der Waals surface area contributed by atoms with Crippen molar-refractivity contribution in [3.8, 4) is 0 Å². The molecule has 1 atom stereocenters. The van der Waals surface area contributed by atoms with Gasteiger partial charge in [0.2, 0.25) is 0 Å². The Morgan fingerprint density at radius 2 is 2.07 bits per heavy atom. The fourth-order valence-electron chi connectivity index (χ4n) is 3.41. The topological polar surface area (TPSA) is 61.9 Å². The number of aryl methyl sites for hydroxylation is 1. The van der Waals surface area contributed by atoms with Gasteiger partial charge in [-0.05, 0) is 37.3 Å². The van der Waals surface area contributed by atoms with Gasteiger partial charge in [-0.3, -0.25) is 9.69 Å². The first-order valence-corrected chi connectivity index (χ1v) is 11.4. The second-order valence-corrected chi connectivity index (χ2v) is 9.48. The number of ether oxygens (including phenoxy) is 1. The van der Waals surface area contributed by atoms with Gasteiger partial charge in [-0.2, -0.15) is 11.8 Å². The van der Waals surface area contributed by atoms with Gasteiger partial charge in [-0.15, -0.1) is 11.3 Å². The van der Waals surface area contributed by atoms with Crippen LogP contribution in [0.2, 0.25) is 0 Å². The largest absolute Gasteiger partial charge is 0.442 e. The highest BCUT2D eigenvalue weighted by Gasteiger charge is 2.33. The number of carbonyl (C=O) groups is 2. The molecular formula is C20H22FN3O3S2. The average Bonchev–Trinajstić information content (AvgIpc) is 3.32. The Bertz CT molecular complexity index is 914. The molecule has 2 saturated heterocycles. The molecule has 1 aromatic heterocycles. The van der Waals surface area contributed by atoms with Crippen LogP contribution in [0.4, 0.5) is 20.6 Å². The van der Waals surface area contributed by atoms with E-state index in [0.29, 0.717) is 16.3 Å². The number of rotatable bonds is 5. The smallest absolute Gasteiger partial charge is 0.414 e. The molecule has 2 aliphatic heterocycles. The van der Waals surface area contributed by atoms with Crippen LogP contribution in [-0.2, 0) is 4.74 Å². The van der Waals surface area contributed by atoms with Crippen molar-refractivity contribution in [1.82, 2.24) is 5.32 Å². The summed E-state index contributed by atoms with van der Waals surface area (Å²) < 4.78 is 20.0. The molecule has 0 radical (unpaired) electrons. The van der Waals surface area contributed by atoms with E-state index in [2.05, 4.69) is 5.32 Å². The lowest BCUT2D eigenvalue weighted by atomic mass is 10.2. The second-order valence-electron chi connectivity index (χ2n) is 6.97. The van der Waals surface area contributed by atoms with Gasteiger partial charge in [0.1, 0.15) is 11.9 Å². The summed E-state index contributed by atoms with van der Waals surface area (Å²) in [4.78, 5) is 29.5. The highest BCUT2D eigenvalue weighted by Crippen LogP contribution is 2.29. The Balaban J connectivity index is 1.37. The fraction of sp³-hybridized carbons (Fsp3) is 0.400. The Kier molecular flexibility index (Phi) is 5.96. The molecular weight excluding hydrogens is 413 g/mol. The van der Waals surface area contributed by atoms with Gasteiger partial charge >= 0.3 is 6.09 Å². The summed E-state index contributed by atoms with van der Waals surface area (Å²) in [5, 5.41) is 2.80. The summed E-state index contributed by atoms with van der Waals surface area (Å²) in [5.74, 6) is 1.44. The van der Waals surface area contributed by atoms with E-state index < -0.39 is 12.2 Å². The molecule has 4 rings (SSSR count). The van der Waals surface area contributed by atoms with Crippen LogP contribution in [0.1, 0.15) is 14.5 Å². The third kappa shape index (κ3) is 4.51. The number of amides is 2. The monoisotopic (exact) mass is 435 g/mol. The number of carbonyl (C=O) groups excluding carboxylic acids is 2. The molecule has 1 unspecified atom stereocenters. The van der Waals surface area contributed by atoms with Crippen LogP contribution in [0.25, 0.3) is 0 Å². The zero-order valence-corrected chi connectivity index (χ0v) is 17.7. The van der Waals surface area contributed by atoms with Crippen LogP contribution >= 0.6 is 23.1 Å². The van der Waals surface area contributed by atoms with E-state index in [-0.39, 0.29) is 24.8 Å². The first-order chi connectivity index (χ1) is 14.0. The molecule has 1 N–H and O–H groups in total. The third-order valence-electron chi connectivity index (χ3n) is 4.92. The van der Waals surface area contributed by atoms with Gasteiger partial charge in [0.05, 0.1) is 29.3 Å². The first kappa shape index (κ1) is 20.0. The van der Waals surface area contributed by atoms with E-state index in [9.17, 15) is 14.0 Å². The molecule has 0 spiro atoms. The molecule has 0 bridgehead atoms. The van der Waals surface area contributed by atoms with Crippen LogP contribution in [0.3, 0.4) is 0 Å². The molecule has 2 amide bonds. The van der Waals surface area contributed by atoms with Crippen LogP contribution in [-0.4, -0.2) is 55.8 Å². The fourth-order valence-corrected chi connectivity index (χ4v) is 5.10. The molecule has 6 nitrogen and oxygen atoms in total.